The van der Waals surface area contributed by atoms with E-state index in [0.717, 1.165) is 12.8 Å². The molecule has 2 aromatic rings. The van der Waals surface area contributed by atoms with Gasteiger partial charge in [0.25, 0.3) is 0 Å². The lowest BCUT2D eigenvalue weighted by Crippen LogP contribution is -2.39. The number of rotatable bonds is 6. The zero-order chi connectivity index (χ0) is 20.5. The first-order chi connectivity index (χ1) is 14.0. The van der Waals surface area contributed by atoms with Crippen LogP contribution in [-0.2, 0) is 16.1 Å². The van der Waals surface area contributed by atoms with E-state index in [9.17, 15) is 14.0 Å². The van der Waals surface area contributed by atoms with E-state index < -0.39 is 11.7 Å². The third-order valence-corrected chi connectivity index (χ3v) is 5.87. The third kappa shape index (κ3) is 3.94. The molecule has 1 saturated heterocycles. The molecule has 152 valence electrons. The van der Waals surface area contributed by atoms with Crippen molar-refractivity contribution in [1.29, 1.82) is 0 Å². The van der Waals surface area contributed by atoms with Gasteiger partial charge in [-0.1, -0.05) is 29.8 Å². The van der Waals surface area contributed by atoms with Gasteiger partial charge in [0.2, 0.25) is 11.8 Å². The molecule has 1 heterocycles. The van der Waals surface area contributed by atoms with Gasteiger partial charge in [-0.05, 0) is 37.1 Å². The largest absolute Gasteiger partial charge is 0.495 e. The number of carbonyl (C=O) groups is 2. The third-order valence-electron chi connectivity index (χ3n) is 5.51. The molecule has 29 heavy (non-hydrogen) atoms. The topological polar surface area (TPSA) is 49.9 Å². The van der Waals surface area contributed by atoms with Crippen molar-refractivity contribution in [3.63, 3.8) is 0 Å². The van der Waals surface area contributed by atoms with Gasteiger partial charge in [-0.2, -0.15) is 0 Å². The van der Waals surface area contributed by atoms with Crippen molar-refractivity contribution in [3.05, 3.63) is 58.9 Å². The summed E-state index contributed by atoms with van der Waals surface area (Å²) in [6, 6.07) is 11.8. The van der Waals surface area contributed by atoms with Gasteiger partial charge in [0.05, 0.1) is 25.3 Å². The Balaban J connectivity index is 1.54. The summed E-state index contributed by atoms with van der Waals surface area (Å²) < 4.78 is 19.6. The van der Waals surface area contributed by atoms with Gasteiger partial charge < -0.3 is 14.5 Å². The van der Waals surface area contributed by atoms with E-state index in [1.165, 1.54) is 6.07 Å². The zero-order valence-corrected chi connectivity index (χ0v) is 16.9. The zero-order valence-electron chi connectivity index (χ0n) is 16.1. The summed E-state index contributed by atoms with van der Waals surface area (Å²) in [6.07, 6.45) is 1.90. The highest BCUT2D eigenvalue weighted by atomic mass is 35.5. The molecule has 2 aromatic carbocycles. The predicted octanol–water partition coefficient (Wildman–Crippen LogP) is 4.03. The lowest BCUT2D eigenvalue weighted by molar-refractivity contribution is -0.137. The number of nitrogens with zero attached hydrogens (tertiary/aromatic N) is 2. The Labute approximate surface area is 174 Å². The predicted molar refractivity (Wildman–Crippen MR) is 108 cm³/mol. The highest BCUT2D eigenvalue weighted by molar-refractivity contribution is 6.31. The molecule has 5 nitrogen and oxygen atoms in total. The van der Waals surface area contributed by atoms with Gasteiger partial charge in [0.15, 0.2) is 0 Å². The lowest BCUT2D eigenvalue weighted by Gasteiger charge is -2.26. The van der Waals surface area contributed by atoms with Crippen LogP contribution < -0.4 is 9.64 Å². The Morgan fingerprint density at radius 3 is 2.69 bits per heavy atom. The molecule has 7 heteroatoms. The van der Waals surface area contributed by atoms with Gasteiger partial charge in [-0.25, -0.2) is 4.39 Å². The van der Waals surface area contributed by atoms with E-state index in [4.69, 9.17) is 16.3 Å². The molecule has 0 bridgehead atoms. The van der Waals surface area contributed by atoms with Crippen LogP contribution in [0.1, 0.15) is 24.8 Å². The number of benzene rings is 2. The van der Waals surface area contributed by atoms with Crippen molar-refractivity contribution in [2.45, 2.75) is 31.8 Å². The first-order valence-corrected chi connectivity index (χ1v) is 10.0. The molecule has 1 aliphatic heterocycles. The molecule has 1 saturated carbocycles. The molecule has 0 N–H and O–H groups in total. The molecular weight excluding hydrogens is 395 g/mol. The molecule has 0 radical (unpaired) electrons. The molecule has 1 atom stereocenters. The maximum absolute atomic E-state index is 14.3. The fraction of sp³-hybridized carbons (Fsp3) is 0.364. The summed E-state index contributed by atoms with van der Waals surface area (Å²) in [6.45, 7) is 0.403. The fourth-order valence-electron chi connectivity index (χ4n) is 3.82. The molecule has 2 amide bonds. The smallest absolute Gasteiger partial charge is 0.228 e. The minimum Gasteiger partial charge on any atom is -0.495 e. The highest BCUT2D eigenvalue weighted by Gasteiger charge is 2.42. The van der Waals surface area contributed by atoms with Crippen LogP contribution >= 0.6 is 11.6 Å². The van der Waals surface area contributed by atoms with Gasteiger partial charge in [-0.15, -0.1) is 0 Å². The van der Waals surface area contributed by atoms with Crippen molar-refractivity contribution in [2.24, 2.45) is 5.92 Å². The maximum Gasteiger partial charge on any atom is 0.228 e. The van der Waals surface area contributed by atoms with Crippen LogP contribution in [0.25, 0.3) is 0 Å². The average Bonchev–Trinajstić information content (AvgIpc) is 3.48. The molecule has 0 aromatic heterocycles. The molecule has 1 aliphatic carbocycles. The second kappa shape index (κ2) is 8.03. The normalized spacial score (nSPS) is 18.8. The van der Waals surface area contributed by atoms with Crippen molar-refractivity contribution in [3.8, 4) is 5.75 Å². The first-order valence-electron chi connectivity index (χ1n) is 9.66. The summed E-state index contributed by atoms with van der Waals surface area (Å²) in [5.74, 6) is -0.552. The fourth-order valence-corrected chi connectivity index (χ4v) is 4.04. The van der Waals surface area contributed by atoms with Gasteiger partial charge in [-0.3, -0.25) is 9.59 Å². The summed E-state index contributed by atoms with van der Waals surface area (Å²) in [5, 5.41) is 0.307. The van der Waals surface area contributed by atoms with Crippen molar-refractivity contribution < 1.29 is 18.7 Å². The number of methoxy groups -OCH3 is 1. The number of anilines is 1. The average molecular weight is 417 g/mol. The number of halogens is 2. The Kier molecular flexibility index (Phi) is 5.46. The van der Waals surface area contributed by atoms with Crippen molar-refractivity contribution in [2.75, 3.05) is 18.6 Å². The molecule has 2 fully saturated rings. The van der Waals surface area contributed by atoms with E-state index in [1.807, 2.05) is 12.1 Å². The highest BCUT2D eigenvalue weighted by Crippen LogP contribution is 2.36. The Hall–Kier alpha value is -2.60. The Morgan fingerprint density at radius 1 is 1.24 bits per heavy atom. The minimum absolute atomic E-state index is 0.0774. The second-order valence-electron chi connectivity index (χ2n) is 7.47. The van der Waals surface area contributed by atoms with E-state index in [0.29, 0.717) is 22.0 Å². The van der Waals surface area contributed by atoms with E-state index >= 15 is 0 Å². The lowest BCUT2D eigenvalue weighted by atomic mass is 10.1. The van der Waals surface area contributed by atoms with Crippen LogP contribution in [0.3, 0.4) is 0 Å². The van der Waals surface area contributed by atoms with Crippen LogP contribution in [0.2, 0.25) is 5.02 Å². The SMILES string of the molecule is COc1ccccc1N1CC(C(=O)N(Cc2c(F)cccc2Cl)C2CC2)CC1=O. The maximum atomic E-state index is 14.3. The number of para-hydroxylation sites is 2. The standard InChI is InChI=1S/C22H22ClFN2O3/c1-29-20-8-3-2-7-19(20)26-12-14(11-21(26)27)22(28)25(15-9-10-15)13-16-17(23)5-4-6-18(16)24/h2-8,14-15H,9-13H2,1H3. The van der Waals surface area contributed by atoms with Crippen LogP contribution in [0.4, 0.5) is 10.1 Å². The van der Waals surface area contributed by atoms with E-state index in [1.54, 1.807) is 41.2 Å². The molecule has 0 spiro atoms. The van der Waals surface area contributed by atoms with Gasteiger partial charge >= 0.3 is 0 Å². The van der Waals surface area contributed by atoms with Crippen molar-refractivity contribution in [1.82, 2.24) is 4.90 Å². The summed E-state index contributed by atoms with van der Waals surface area (Å²) in [7, 11) is 1.55. The van der Waals surface area contributed by atoms with E-state index in [2.05, 4.69) is 0 Å². The van der Waals surface area contributed by atoms with Gasteiger partial charge in [0.1, 0.15) is 11.6 Å². The molecule has 4 rings (SSSR count). The number of hydrogen-bond acceptors (Lipinski definition) is 3. The Bertz CT molecular complexity index is 927. The second-order valence-corrected chi connectivity index (χ2v) is 7.88. The van der Waals surface area contributed by atoms with E-state index in [-0.39, 0.29) is 37.4 Å². The van der Waals surface area contributed by atoms with Crippen LogP contribution in [-0.4, -0.2) is 36.4 Å². The molecule has 1 unspecified atom stereocenters. The number of carbonyl (C=O) groups excluding carboxylic acids is 2. The van der Waals surface area contributed by atoms with Crippen LogP contribution in [0.5, 0.6) is 5.75 Å². The quantitative estimate of drug-likeness (QED) is 0.714. The van der Waals surface area contributed by atoms with Gasteiger partial charge in [0, 0.05) is 29.6 Å². The van der Waals surface area contributed by atoms with Crippen molar-refractivity contribution >= 4 is 29.1 Å². The number of amides is 2. The molecular formula is C22H22ClFN2O3. The van der Waals surface area contributed by atoms with Crippen LogP contribution in [0, 0.1) is 11.7 Å². The molecule has 2 aliphatic rings. The van der Waals surface area contributed by atoms with Crippen LogP contribution in [0.15, 0.2) is 42.5 Å². The summed E-state index contributed by atoms with van der Waals surface area (Å²) in [4.78, 5) is 29.2. The Morgan fingerprint density at radius 2 is 2.00 bits per heavy atom. The minimum atomic E-state index is -0.474. The number of ether oxygens (including phenoxy) is 1. The monoisotopic (exact) mass is 416 g/mol. The first kappa shape index (κ1) is 19.7. The summed E-state index contributed by atoms with van der Waals surface area (Å²) >= 11 is 6.17. The number of hydrogen-bond donors (Lipinski definition) is 0. The summed E-state index contributed by atoms with van der Waals surface area (Å²) in [5.41, 5.74) is 0.978.